The van der Waals surface area contributed by atoms with E-state index >= 15 is 0 Å². The van der Waals surface area contributed by atoms with E-state index in [2.05, 4.69) is 9.72 Å². The Morgan fingerprint density at radius 1 is 1.35 bits per heavy atom. The zero-order valence-electron chi connectivity index (χ0n) is 16.9. The highest BCUT2D eigenvalue weighted by Gasteiger charge is 2.27. The van der Waals surface area contributed by atoms with Gasteiger partial charge in [-0.05, 0) is 29.8 Å². The molecule has 2 heterocycles. The average Bonchev–Trinajstić information content (AvgIpc) is 2.81. The Kier molecular flexibility index (Phi) is 7.19. The largest absolute Gasteiger partial charge is 0.508 e. The molecule has 160 valence electrons. The van der Waals surface area contributed by atoms with Gasteiger partial charge in [0.1, 0.15) is 35.9 Å². The molecule has 1 amide bonds. The predicted octanol–water partition coefficient (Wildman–Crippen LogP) is 1.79. The summed E-state index contributed by atoms with van der Waals surface area (Å²) < 4.78 is 16.0. The van der Waals surface area contributed by atoms with Crippen LogP contribution in [0.2, 0.25) is 0 Å². The van der Waals surface area contributed by atoms with Gasteiger partial charge in [0.2, 0.25) is 0 Å². The van der Waals surface area contributed by atoms with E-state index in [0.717, 1.165) is 0 Å². The van der Waals surface area contributed by atoms with Crippen LogP contribution in [0.5, 0.6) is 11.5 Å². The number of pyridine rings is 1. The highest BCUT2D eigenvalue weighted by molar-refractivity contribution is 6.01. The van der Waals surface area contributed by atoms with E-state index in [1.165, 1.54) is 48.7 Å². The third kappa shape index (κ3) is 5.81. The molecule has 1 aliphatic heterocycles. The number of benzene rings is 1. The summed E-state index contributed by atoms with van der Waals surface area (Å²) in [5.41, 5.74) is 0.885. The van der Waals surface area contributed by atoms with Gasteiger partial charge in [-0.3, -0.25) is 9.78 Å². The highest BCUT2D eigenvalue weighted by Crippen LogP contribution is 2.17. The molecule has 9 nitrogen and oxygen atoms in total. The second-order valence-corrected chi connectivity index (χ2v) is 6.72. The number of phenolic OH excluding ortho intramolecular Hbond substituents is 1. The van der Waals surface area contributed by atoms with Crippen molar-refractivity contribution in [3.63, 3.8) is 0 Å². The van der Waals surface area contributed by atoms with Crippen LogP contribution in [0.25, 0.3) is 6.08 Å². The van der Waals surface area contributed by atoms with E-state index in [-0.39, 0.29) is 30.0 Å². The molecule has 1 unspecified atom stereocenters. The first-order valence-corrected chi connectivity index (χ1v) is 9.48. The van der Waals surface area contributed by atoms with Gasteiger partial charge in [0.05, 0.1) is 32.0 Å². The molecule has 0 spiro atoms. The van der Waals surface area contributed by atoms with Crippen LogP contribution >= 0.6 is 0 Å². The lowest BCUT2D eigenvalue weighted by atomic mass is 10.1. The van der Waals surface area contributed by atoms with Gasteiger partial charge in [-0.15, -0.1) is 0 Å². The van der Waals surface area contributed by atoms with Crippen LogP contribution in [0, 0.1) is 11.3 Å². The topological polar surface area (TPSA) is 122 Å². The van der Waals surface area contributed by atoms with Crippen LogP contribution in [0.1, 0.15) is 15.9 Å². The molecule has 9 heteroatoms. The standard InChI is InChI=1S/C22H21N3O6/c1-29-22(28)17-9-19(12-24-11-17)31-14-20-13-25(6-7-30-20)21(27)16(10-23)8-15-2-4-18(26)5-3-15/h2-5,8-9,11-12,20,26H,6-7,13-14H2,1H3. The number of methoxy groups -OCH3 is 1. The summed E-state index contributed by atoms with van der Waals surface area (Å²) in [6, 6.07) is 9.66. The lowest BCUT2D eigenvalue weighted by molar-refractivity contribution is -0.135. The van der Waals surface area contributed by atoms with Crippen LogP contribution in [-0.4, -0.2) is 66.4 Å². The fraction of sp³-hybridized carbons (Fsp3) is 0.273. The molecule has 31 heavy (non-hydrogen) atoms. The SMILES string of the molecule is COC(=O)c1cncc(OCC2CN(C(=O)C(C#N)=Cc3ccc(O)cc3)CCO2)c1. The van der Waals surface area contributed by atoms with Crippen LogP contribution in [0.4, 0.5) is 0 Å². The Bertz CT molecular complexity index is 1010. The first-order valence-electron chi connectivity index (χ1n) is 9.48. The predicted molar refractivity (Wildman–Crippen MR) is 109 cm³/mol. The Hall–Kier alpha value is -3.90. The van der Waals surface area contributed by atoms with Gasteiger partial charge in [0.25, 0.3) is 5.91 Å². The average molecular weight is 423 g/mol. The van der Waals surface area contributed by atoms with Crippen molar-refractivity contribution in [1.82, 2.24) is 9.88 Å². The zero-order valence-corrected chi connectivity index (χ0v) is 16.9. The Labute approximate surface area is 179 Å². The van der Waals surface area contributed by atoms with Gasteiger partial charge in [0.15, 0.2) is 0 Å². The molecule has 3 rings (SSSR count). The Morgan fingerprint density at radius 3 is 2.84 bits per heavy atom. The molecule has 1 aliphatic rings. The maximum atomic E-state index is 12.8. The van der Waals surface area contributed by atoms with E-state index in [1.807, 2.05) is 6.07 Å². The summed E-state index contributed by atoms with van der Waals surface area (Å²) in [6.45, 7) is 1.04. The molecule has 1 atom stereocenters. The molecule has 0 saturated carbocycles. The molecule has 1 saturated heterocycles. The molecule has 2 aromatic rings. The quantitative estimate of drug-likeness (QED) is 0.424. The van der Waals surface area contributed by atoms with E-state index in [0.29, 0.717) is 24.5 Å². The first-order chi connectivity index (χ1) is 15.0. The molecule has 0 aliphatic carbocycles. The van der Waals surface area contributed by atoms with Gasteiger partial charge in [-0.25, -0.2) is 4.79 Å². The number of amides is 1. The molecule has 1 aromatic heterocycles. The lowest BCUT2D eigenvalue weighted by Gasteiger charge is -2.32. The number of ether oxygens (including phenoxy) is 3. The summed E-state index contributed by atoms with van der Waals surface area (Å²) >= 11 is 0. The normalized spacial score (nSPS) is 16.3. The summed E-state index contributed by atoms with van der Waals surface area (Å²) in [5.74, 6) is -0.448. The molecular formula is C22H21N3O6. The van der Waals surface area contributed by atoms with Crippen LogP contribution in [-0.2, 0) is 14.3 Å². The number of hydrogen-bond donors (Lipinski definition) is 1. The second kappa shape index (κ2) is 10.2. The summed E-state index contributed by atoms with van der Waals surface area (Å²) in [7, 11) is 1.28. The van der Waals surface area contributed by atoms with Gasteiger partial charge in [0, 0.05) is 12.7 Å². The number of hydrogen-bond acceptors (Lipinski definition) is 8. The van der Waals surface area contributed by atoms with Crippen molar-refractivity contribution in [2.75, 3.05) is 33.4 Å². The minimum atomic E-state index is -0.520. The van der Waals surface area contributed by atoms with Crippen molar-refractivity contribution in [2.45, 2.75) is 6.10 Å². The third-order valence-corrected chi connectivity index (χ3v) is 4.55. The second-order valence-electron chi connectivity index (χ2n) is 6.72. The number of aromatic nitrogens is 1. The number of esters is 1. The van der Waals surface area contributed by atoms with E-state index in [4.69, 9.17) is 9.47 Å². The number of nitriles is 1. The van der Waals surface area contributed by atoms with E-state index < -0.39 is 18.0 Å². The van der Waals surface area contributed by atoms with Gasteiger partial charge < -0.3 is 24.2 Å². The molecule has 1 aromatic carbocycles. The summed E-state index contributed by atoms with van der Waals surface area (Å²) in [5, 5.41) is 18.8. The number of morpholine rings is 1. The fourth-order valence-electron chi connectivity index (χ4n) is 2.97. The van der Waals surface area contributed by atoms with Crippen molar-refractivity contribution in [3.05, 3.63) is 59.4 Å². The minimum absolute atomic E-state index is 0.0118. The molecule has 0 bridgehead atoms. The molecule has 1 N–H and O–H groups in total. The summed E-state index contributed by atoms with van der Waals surface area (Å²) in [4.78, 5) is 29.9. The maximum absolute atomic E-state index is 12.8. The highest BCUT2D eigenvalue weighted by atomic mass is 16.5. The summed E-state index contributed by atoms with van der Waals surface area (Å²) in [6.07, 6.45) is 3.91. The van der Waals surface area contributed by atoms with Crippen molar-refractivity contribution in [3.8, 4) is 17.6 Å². The number of aromatic hydroxyl groups is 1. The van der Waals surface area contributed by atoms with Gasteiger partial charge in [-0.2, -0.15) is 5.26 Å². The van der Waals surface area contributed by atoms with E-state index in [9.17, 15) is 20.0 Å². The van der Waals surface area contributed by atoms with Crippen molar-refractivity contribution < 1.29 is 28.9 Å². The van der Waals surface area contributed by atoms with Crippen molar-refractivity contribution in [1.29, 1.82) is 5.26 Å². The molecule has 0 radical (unpaired) electrons. The Morgan fingerprint density at radius 2 is 2.13 bits per heavy atom. The van der Waals surface area contributed by atoms with Crippen LogP contribution in [0.15, 0.2) is 48.3 Å². The van der Waals surface area contributed by atoms with Crippen LogP contribution in [0.3, 0.4) is 0 Å². The molecular weight excluding hydrogens is 402 g/mol. The number of carbonyl (C=O) groups excluding carboxylic acids is 2. The van der Waals surface area contributed by atoms with Crippen molar-refractivity contribution >= 4 is 18.0 Å². The zero-order chi connectivity index (χ0) is 22.2. The Balaban J connectivity index is 1.62. The van der Waals surface area contributed by atoms with Crippen LogP contribution < -0.4 is 4.74 Å². The third-order valence-electron chi connectivity index (χ3n) is 4.55. The first kappa shape index (κ1) is 21.8. The monoisotopic (exact) mass is 423 g/mol. The smallest absolute Gasteiger partial charge is 0.339 e. The number of rotatable bonds is 6. The van der Waals surface area contributed by atoms with Crippen molar-refractivity contribution in [2.24, 2.45) is 0 Å². The minimum Gasteiger partial charge on any atom is -0.508 e. The number of nitrogens with zero attached hydrogens (tertiary/aromatic N) is 3. The molecule has 1 fully saturated rings. The van der Waals surface area contributed by atoms with Gasteiger partial charge >= 0.3 is 5.97 Å². The number of phenols is 1. The van der Waals surface area contributed by atoms with E-state index in [1.54, 1.807) is 12.1 Å². The lowest BCUT2D eigenvalue weighted by Crippen LogP contribution is -2.48. The number of carbonyl (C=O) groups is 2. The van der Waals surface area contributed by atoms with Gasteiger partial charge in [-0.1, -0.05) is 12.1 Å². The fourth-order valence-corrected chi connectivity index (χ4v) is 2.97. The maximum Gasteiger partial charge on any atom is 0.339 e.